The van der Waals surface area contributed by atoms with Crippen molar-refractivity contribution in [2.24, 2.45) is 23.2 Å². The number of rotatable bonds is 6. The first-order chi connectivity index (χ1) is 9.51. The Hall–Kier alpha value is -0.0800. The molecule has 2 heteroatoms. The van der Waals surface area contributed by atoms with E-state index in [0.29, 0.717) is 5.41 Å². The van der Waals surface area contributed by atoms with Gasteiger partial charge >= 0.3 is 0 Å². The minimum atomic E-state index is 0.566. The first kappa shape index (κ1) is 16.3. The molecule has 2 atom stereocenters. The van der Waals surface area contributed by atoms with E-state index in [-0.39, 0.29) is 0 Å². The highest BCUT2D eigenvalue weighted by Gasteiger charge is 2.36. The molecule has 1 heterocycles. The number of nitrogens with one attached hydrogen (secondary N) is 1. The zero-order valence-corrected chi connectivity index (χ0v) is 14.3. The van der Waals surface area contributed by atoms with Gasteiger partial charge in [-0.1, -0.05) is 47.0 Å². The van der Waals surface area contributed by atoms with Crippen LogP contribution in [0.1, 0.15) is 59.8 Å². The lowest BCUT2D eigenvalue weighted by atomic mass is 9.73. The summed E-state index contributed by atoms with van der Waals surface area (Å²) < 4.78 is 0. The quantitative estimate of drug-likeness (QED) is 0.797. The normalized spacial score (nSPS) is 31.1. The molecule has 2 fully saturated rings. The zero-order valence-electron chi connectivity index (χ0n) is 14.3. The molecule has 118 valence electrons. The van der Waals surface area contributed by atoms with Gasteiger partial charge in [-0.2, -0.15) is 0 Å². The van der Waals surface area contributed by atoms with Crippen LogP contribution in [0.4, 0.5) is 0 Å². The van der Waals surface area contributed by atoms with Crippen LogP contribution in [-0.4, -0.2) is 37.6 Å². The standard InChI is InChI=1S/C18H36N2/c1-15(2)10-19-13-18(8-6-5-7-9-18)14-20-11-16(3)17(4)12-20/h15-17,19H,5-14H2,1-4H3. The van der Waals surface area contributed by atoms with Crippen molar-refractivity contribution in [1.82, 2.24) is 10.2 Å². The van der Waals surface area contributed by atoms with Gasteiger partial charge in [-0.05, 0) is 42.6 Å². The Morgan fingerprint density at radius 1 is 1.05 bits per heavy atom. The summed E-state index contributed by atoms with van der Waals surface area (Å²) in [6.07, 6.45) is 7.23. The SMILES string of the molecule is CC(C)CNCC1(CN2CC(C)C(C)C2)CCCCC1. The van der Waals surface area contributed by atoms with Crippen molar-refractivity contribution in [3.05, 3.63) is 0 Å². The monoisotopic (exact) mass is 280 g/mol. The lowest BCUT2D eigenvalue weighted by Gasteiger charge is -2.41. The number of hydrogen-bond donors (Lipinski definition) is 1. The third-order valence-electron chi connectivity index (χ3n) is 5.59. The molecule has 2 unspecified atom stereocenters. The maximum atomic E-state index is 3.77. The van der Waals surface area contributed by atoms with E-state index in [4.69, 9.17) is 0 Å². The van der Waals surface area contributed by atoms with Gasteiger partial charge < -0.3 is 10.2 Å². The summed E-state index contributed by atoms with van der Waals surface area (Å²) in [4.78, 5) is 2.76. The van der Waals surface area contributed by atoms with Crippen molar-refractivity contribution in [2.45, 2.75) is 59.8 Å². The van der Waals surface area contributed by atoms with E-state index in [1.54, 1.807) is 0 Å². The summed E-state index contributed by atoms with van der Waals surface area (Å²) in [6, 6.07) is 0. The van der Waals surface area contributed by atoms with E-state index in [1.165, 1.54) is 64.8 Å². The third-order valence-corrected chi connectivity index (χ3v) is 5.59. The second kappa shape index (κ2) is 7.26. The molecule has 1 saturated heterocycles. The second-order valence-corrected chi connectivity index (χ2v) is 8.23. The molecule has 2 nitrogen and oxygen atoms in total. The van der Waals surface area contributed by atoms with Gasteiger partial charge in [-0.25, -0.2) is 0 Å². The Labute approximate surface area is 126 Å². The van der Waals surface area contributed by atoms with Crippen molar-refractivity contribution in [3.8, 4) is 0 Å². The molecule has 0 aromatic rings. The zero-order chi connectivity index (χ0) is 14.6. The number of likely N-dealkylation sites (tertiary alicyclic amines) is 1. The van der Waals surface area contributed by atoms with Crippen LogP contribution in [0.3, 0.4) is 0 Å². The van der Waals surface area contributed by atoms with Crippen molar-refractivity contribution in [1.29, 1.82) is 0 Å². The smallest absolute Gasteiger partial charge is 0.00504 e. The third kappa shape index (κ3) is 4.46. The predicted molar refractivity (Wildman–Crippen MR) is 88.0 cm³/mol. The Kier molecular flexibility index (Phi) is 5.92. The maximum absolute atomic E-state index is 3.77. The van der Waals surface area contributed by atoms with Gasteiger partial charge in [0.25, 0.3) is 0 Å². The molecule has 0 radical (unpaired) electrons. The van der Waals surface area contributed by atoms with E-state index in [9.17, 15) is 0 Å². The molecule has 0 bridgehead atoms. The summed E-state index contributed by atoms with van der Waals surface area (Å²) in [5, 5.41) is 3.77. The molecule has 0 spiro atoms. The average molecular weight is 280 g/mol. The van der Waals surface area contributed by atoms with Crippen molar-refractivity contribution >= 4 is 0 Å². The molecule has 1 aliphatic heterocycles. The largest absolute Gasteiger partial charge is 0.316 e. The molecule has 1 aliphatic carbocycles. The van der Waals surface area contributed by atoms with Gasteiger partial charge in [-0.3, -0.25) is 0 Å². The summed E-state index contributed by atoms with van der Waals surface area (Å²) in [5.74, 6) is 2.54. The van der Waals surface area contributed by atoms with E-state index in [2.05, 4.69) is 37.9 Å². The molecule has 1 N–H and O–H groups in total. The Balaban J connectivity index is 1.89. The molecular weight excluding hydrogens is 244 g/mol. The van der Waals surface area contributed by atoms with Crippen LogP contribution in [-0.2, 0) is 0 Å². The van der Waals surface area contributed by atoms with Crippen molar-refractivity contribution in [2.75, 3.05) is 32.7 Å². The van der Waals surface area contributed by atoms with E-state index in [0.717, 1.165) is 17.8 Å². The minimum absolute atomic E-state index is 0.566. The van der Waals surface area contributed by atoms with E-state index < -0.39 is 0 Å². The summed E-state index contributed by atoms with van der Waals surface area (Å²) >= 11 is 0. The van der Waals surface area contributed by atoms with Gasteiger partial charge in [0.15, 0.2) is 0 Å². The number of nitrogens with zero attached hydrogens (tertiary/aromatic N) is 1. The van der Waals surface area contributed by atoms with Crippen LogP contribution in [0.2, 0.25) is 0 Å². The topological polar surface area (TPSA) is 15.3 Å². The van der Waals surface area contributed by atoms with Crippen LogP contribution >= 0.6 is 0 Å². The van der Waals surface area contributed by atoms with Crippen molar-refractivity contribution < 1.29 is 0 Å². The summed E-state index contributed by atoms with van der Waals surface area (Å²) in [6.45, 7) is 15.9. The van der Waals surface area contributed by atoms with Gasteiger partial charge in [0, 0.05) is 26.2 Å². The molecule has 0 aromatic carbocycles. The Morgan fingerprint density at radius 2 is 1.65 bits per heavy atom. The maximum Gasteiger partial charge on any atom is 0.00504 e. The lowest BCUT2D eigenvalue weighted by molar-refractivity contribution is 0.113. The highest BCUT2D eigenvalue weighted by Crippen LogP contribution is 2.38. The van der Waals surface area contributed by atoms with Crippen LogP contribution in [0.25, 0.3) is 0 Å². The Morgan fingerprint density at radius 3 is 2.20 bits per heavy atom. The fourth-order valence-corrected chi connectivity index (χ4v) is 4.17. The fraction of sp³-hybridized carbons (Fsp3) is 1.00. The molecule has 1 saturated carbocycles. The molecule has 0 aromatic heterocycles. The highest BCUT2D eigenvalue weighted by atomic mass is 15.2. The average Bonchev–Trinajstić information content (AvgIpc) is 2.68. The Bertz CT molecular complexity index is 271. The molecule has 2 rings (SSSR count). The molecular formula is C18H36N2. The second-order valence-electron chi connectivity index (χ2n) is 8.23. The molecule has 2 aliphatic rings. The first-order valence-electron chi connectivity index (χ1n) is 8.94. The minimum Gasteiger partial charge on any atom is -0.316 e. The van der Waals surface area contributed by atoms with Gasteiger partial charge in [0.1, 0.15) is 0 Å². The molecule has 0 amide bonds. The van der Waals surface area contributed by atoms with Crippen LogP contribution in [0.15, 0.2) is 0 Å². The van der Waals surface area contributed by atoms with E-state index in [1.807, 2.05) is 0 Å². The lowest BCUT2D eigenvalue weighted by Crippen LogP contribution is -2.45. The highest BCUT2D eigenvalue weighted by molar-refractivity contribution is 4.90. The molecule has 20 heavy (non-hydrogen) atoms. The fourth-order valence-electron chi connectivity index (χ4n) is 4.17. The summed E-state index contributed by atoms with van der Waals surface area (Å²) in [5.41, 5.74) is 0.566. The van der Waals surface area contributed by atoms with Gasteiger partial charge in [0.2, 0.25) is 0 Å². The first-order valence-corrected chi connectivity index (χ1v) is 8.94. The van der Waals surface area contributed by atoms with E-state index >= 15 is 0 Å². The van der Waals surface area contributed by atoms with Crippen LogP contribution < -0.4 is 5.32 Å². The van der Waals surface area contributed by atoms with Crippen LogP contribution in [0, 0.1) is 23.2 Å². The van der Waals surface area contributed by atoms with Crippen molar-refractivity contribution in [3.63, 3.8) is 0 Å². The number of hydrogen-bond acceptors (Lipinski definition) is 2. The van der Waals surface area contributed by atoms with Crippen LogP contribution in [0.5, 0.6) is 0 Å². The predicted octanol–water partition coefficient (Wildman–Crippen LogP) is 3.77. The summed E-state index contributed by atoms with van der Waals surface area (Å²) in [7, 11) is 0. The van der Waals surface area contributed by atoms with Gasteiger partial charge in [-0.15, -0.1) is 0 Å². The van der Waals surface area contributed by atoms with Gasteiger partial charge in [0.05, 0.1) is 0 Å².